The summed E-state index contributed by atoms with van der Waals surface area (Å²) in [6, 6.07) is 0. The van der Waals surface area contributed by atoms with Crippen molar-refractivity contribution >= 4 is 6.41 Å². The van der Waals surface area contributed by atoms with Gasteiger partial charge in [-0.3, -0.25) is 4.79 Å². The topological polar surface area (TPSA) is 20.3 Å². The van der Waals surface area contributed by atoms with Crippen LogP contribution in [0.15, 0.2) is 23.8 Å². The largest absolute Gasteiger partial charge is 0.345 e. The van der Waals surface area contributed by atoms with Gasteiger partial charge in [0.15, 0.2) is 0 Å². The first-order valence-corrected chi connectivity index (χ1v) is 5.51. The summed E-state index contributed by atoms with van der Waals surface area (Å²) in [6.07, 6.45) is 9.66. The molecule has 0 heterocycles. The number of allylic oxidation sites excluding steroid dienone is 3. The number of hydrogen-bond donors (Lipinski definition) is 0. The lowest BCUT2D eigenvalue weighted by molar-refractivity contribution is -0.116. The molecule has 1 atom stereocenters. The highest BCUT2D eigenvalue weighted by Gasteiger charge is 1.95. The van der Waals surface area contributed by atoms with E-state index in [4.69, 9.17) is 0 Å². The Balaban J connectivity index is 3.68. The van der Waals surface area contributed by atoms with Crippen molar-refractivity contribution in [2.45, 2.75) is 33.6 Å². The van der Waals surface area contributed by atoms with Crippen LogP contribution >= 0.6 is 0 Å². The van der Waals surface area contributed by atoms with Crippen molar-refractivity contribution in [3.05, 3.63) is 23.8 Å². The molecule has 2 heteroatoms. The third-order valence-corrected chi connectivity index (χ3v) is 2.21. The second kappa shape index (κ2) is 8.27. The average molecular weight is 209 g/mol. The van der Waals surface area contributed by atoms with Gasteiger partial charge >= 0.3 is 0 Å². The first-order valence-electron chi connectivity index (χ1n) is 5.51. The molecule has 0 spiro atoms. The summed E-state index contributed by atoms with van der Waals surface area (Å²) in [6.45, 7) is 7.16. The van der Waals surface area contributed by atoms with Crippen molar-refractivity contribution in [3.8, 4) is 0 Å². The number of nitrogens with zero attached hydrogens (tertiary/aromatic N) is 1. The number of rotatable bonds is 7. The maximum Gasteiger partial charge on any atom is 0.209 e. The monoisotopic (exact) mass is 209 g/mol. The minimum atomic E-state index is 0.584. The lowest BCUT2D eigenvalue weighted by atomic mass is 10.0. The highest BCUT2D eigenvalue weighted by molar-refractivity contribution is 5.46. The van der Waals surface area contributed by atoms with E-state index in [-0.39, 0.29) is 0 Å². The van der Waals surface area contributed by atoms with Gasteiger partial charge < -0.3 is 4.90 Å². The lowest BCUT2D eigenvalue weighted by Crippen LogP contribution is -2.15. The van der Waals surface area contributed by atoms with Gasteiger partial charge in [0.2, 0.25) is 6.41 Å². The number of carbonyl (C=O) groups excluding carboxylic acids is 1. The zero-order valence-electron chi connectivity index (χ0n) is 10.4. The van der Waals surface area contributed by atoms with E-state index in [0.717, 1.165) is 12.8 Å². The molecule has 0 aromatic carbocycles. The Kier molecular flexibility index (Phi) is 7.69. The number of carbonyl (C=O) groups is 1. The van der Waals surface area contributed by atoms with Crippen LogP contribution in [0.4, 0.5) is 0 Å². The molecule has 0 saturated carbocycles. The zero-order valence-corrected chi connectivity index (χ0v) is 10.4. The molecule has 0 N–H and O–H groups in total. The molecule has 0 aliphatic carbocycles. The SMILES string of the molecule is CC(C)=CCCC(C)/C=C/CN(C)C=O. The van der Waals surface area contributed by atoms with Gasteiger partial charge in [0, 0.05) is 13.6 Å². The number of amides is 1. The molecule has 0 aliphatic heterocycles. The highest BCUT2D eigenvalue weighted by Crippen LogP contribution is 2.08. The van der Waals surface area contributed by atoms with Gasteiger partial charge in [-0.25, -0.2) is 0 Å². The summed E-state index contributed by atoms with van der Waals surface area (Å²) < 4.78 is 0. The first-order chi connectivity index (χ1) is 7.06. The van der Waals surface area contributed by atoms with Gasteiger partial charge in [-0.1, -0.05) is 30.7 Å². The van der Waals surface area contributed by atoms with E-state index in [1.54, 1.807) is 11.9 Å². The highest BCUT2D eigenvalue weighted by atomic mass is 16.1. The second-order valence-electron chi connectivity index (χ2n) is 4.31. The summed E-state index contributed by atoms with van der Waals surface area (Å²) >= 11 is 0. The Morgan fingerprint density at radius 2 is 2.07 bits per heavy atom. The molecule has 1 amide bonds. The molecule has 0 radical (unpaired) electrons. The minimum absolute atomic E-state index is 0.584. The predicted octanol–water partition coefficient (Wildman–Crippen LogP) is 3.01. The lowest BCUT2D eigenvalue weighted by Gasteiger charge is -2.07. The predicted molar refractivity (Wildman–Crippen MR) is 65.7 cm³/mol. The van der Waals surface area contributed by atoms with Crippen LogP contribution in [0.25, 0.3) is 0 Å². The summed E-state index contributed by atoms with van der Waals surface area (Å²) in [5.74, 6) is 0.584. The third-order valence-electron chi connectivity index (χ3n) is 2.21. The van der Waals surface area contributed by atoms with Crippen LogP contribution in [-0.2, 0) is 4.79 Å². The zero-order chi connectivity index (χ0) is 11.7. The molecule has 0 aromatic heterocycles. The van der Waals surface area contributed by atoms with E-state index in [1.165, 1.54) is 12.0 Å². The number of hydrogen-bond acceptors (Lipinski definition) is 1. The van der Waals surface area contributed by atoms with Crippen LogP contribution < -0.4 is 0 Å². The van der Waals surface area contributed by atoms with Crippen molar-refractivity contribution < 1.29 is 4.79 Å². The van der Waals surface area contributed by atoms with Gasteiger partial charge in [-0.05, 0) is 32.6 Å². The molecule has 15 heavy (non-hydrogen) atoms. The molecular formula is C13H23NO. The number of likely N-dealkylation sites (N-methyl/N-ethyl adjacent to an activating group) is 1. The molecule has 0 aliphatic rings. The molecule has 86 valence electrons. The van der Waals surface area contributed by atoms with Crippen LogP contribution in [-0.4, -0.2) is 24.9 Å². The standard InChI is InChI=1S/C13H23NO/c1-12(2)7-5-8-13(3)9-6-10-14(4)11-15/h6-7,9,11,13H,5,8,10H2,1-4H3/b9-6+. The van der Waals surface area contributed by atoms with Gasteiger partial charge in [0.1, 0.15) is 0 Å². The van der Waals surface area contributed by atoms with Crippen molar-refractivity contribution in [3.63, 3.8) is 0 Å². The fourth-order valence-corrected chi connectivity index (χ4v) is 1.23. The fourth-order valence-electron chi connectivity index (χ4n) is 1.23. The van der Waals surface area contributed by atoms with Gasteiger partial charge in [-0.2, -0.15) is 0 Å². The van der Waals surface area contributed by atoms with E-state index < -0.39 is 0 Å². The quantitative estimate of drug-likeness (QED) is 0.466. The Labute approximate surface area is 93.7 Å². The van der Waals surface area contributed by atoms with Crippen LogP contribution in [0.3, 0.4) is 0 Å². The molecule has 1 unspecified atom stereocenters. The average Bonchev–Trinajstić information content (AvgIpc) is 2.17. The summed E-state index contributed by atoms with van der Waals surface area (Å²) in [5.41, 5.74) is 1.38. The van der Waals surface area contributed by atoms with Crippen LogP contribution in [0.5, 0.6) is 0 Å². The van der Waals surface area contributed by atoms with Gasteiger partial charge in [-0.15, -0.1) is 0 Å². The minimum Gasteiger partial charge on any atom is -0.345 e. The molecular weight excluding hydrogens is 186 g/mol. The summed E-state index contributed by atoms with van der Waals surface area (Å²) in [5, 5.41) is 0. The fraction of sp³-hybridized carbons (Fsp3) is 0.615. The van der Waals surface area contributed by atoms with Crippen molar-refractivity contribution in [2.24, 2.45) is 5.92 Å². The molecule has 2 nitrogen and oxygen atoms in total. The van der Waals surface area contributed by atoms with Crippen LogP contribution in [0.1, 0.15) is 33.6 Å². The Hall–Kier alpha value is -1.05. The van der Waals surface area contributed by atoms with Crippen molar-refractivity contribution in [1.82, 2.24) is 4.90 Å². The van der Waals surface area contributed by atoms with Crippen molar-refractivity contribution in [2.75, 3.05) is 13.6 Å². The Morgan fingerprint density at radius 3 is 2.60 bits per heavy atom. The van der Waals surface area contributed by atoms with Crippen molar-refractivity contribution in [1.29, 1.82) is 0 Å². The van der Waals surface area contributed by atoms with E-state index in [0.29, 0.717) is 12.5 Å². The summed E-state index contributed by atoms with van der Waals surface area (Å²) in [4.78, 5) is 11.9. The molecule has 0 aromatic rings. The third kappa shape index (κ3) is 9.26. The second-order valence-corrected chi connectivity index (χ2v) is 4.31. The van der Waals surface area contributed by atoms with E-state index >= 15 is 0 Å². The smallest absolute Gasteiger partial charge is 0.209 e. The molecule has 0 fully saturated rings. The van der Waals surface area contributed by atoms with Crippen LogP contribution in [0, 0.1) is 5.92 Å². The Morgan fingerprint density at radius 1 is 1.40 bits per heavy atom. The molecule has 0 saturated heterocycles. The Bertz CT molecular complexity index is 227. The van der Waals surface area contributed by atoms with Crippen LogP contribution in [0.2, 0.25) is 0 Å². The van der Waals surface area contributed by atoms with Gasteiger partial charge in [0.05, 0.1) is 0 Å². The van der Waals surface area contributed by atoms with E-state index in [2.05, 4.69) is 39.0 Å². The van der Waals surface area contributed by atoms with Gasteiger partial charge in [0.25, 0.3) is 0 Å². The summed E-state index contributed by atoms with van der Waals surface area (Å²) in [7, 11) is 1.78. The van der Waals surface area contributed by atoms with E-state index in [1.807, 2.05) is 0 Å². The maximum atomic E-state index is 10.3. The van der Waals surface area contributed by atoms with E-state index in [9.17, 15) is 4.79 Å². The normalized spacial score (nSPS) is 12.5. The molecule has 0 rings (SSSR count). The molecule has 0 bridgehead atoms. The first kappa shape index (κ1) is 13.9. The maximum absolute atomic E-state index is 10.3.